The molecule has 2 aromatic carbocycles. The fourth-order valence-corrected chi connectivity index (χ4v) is 3.48. The number of carbonyl (C=O) groups excluding carboxylic acids is 3. The Balaban J connectivity index is 1.32. The Morgan fingerprint density at radius 2 is 1.90 bits per heavy atom. The quantitative estimate of drug-likeness (QED) is 0.521. The molecule has 0 saturated carbocycles. The van der Waals surface area contributed by atoms with Crippen LogP contribution in [0.5, 0.6) is 11.5 Å². The van der Waals surface area contributed by atoms with Crippen molar-refractivity contribution in [2.45, 2.75) is 12.5 Å². The molecule has 2 aliphatic heterocycles. The number of methoxy groups -OCH3 is 1. The van der Waals surface area contributed by atoms with Crippen molar-refractivity contribution in [1.82, 2.24) is 10.2 Å². The lowest BCUT2D eigenvalue weighted by atomic mass is 10.1. The molecule has 2 heterocycles. The number of urea groups is 1. The van der Waals surface area contributed by atoms with Crippen LogP contribution in [0.1, 0.15) is 27.1 Å². The molecule has 0 aromatic heterocycles. The van der Waals surface area contributed by atoms with Crippen molar-refractivity contribution in [3.05, 3.63) is 53.6 Å². The van der Waals surface area contributed by atoms with Crippen molar-refractivity contribution in [2.24, 2.45) is 0 Å². The molecule has 0 fully saturated rings. The van der Waals surface area contributed by atoms with Gasteiger partial charge in [-0.15, -0.1) is 0 Å². The van der Waals surface area contributed by atoms with Gasteiger partial charge in [-0.25, -0.2) is 4.79 Å². The van der Waals surface area contributed by atoms with Gasteiger partial charge in [0.2, 0.25) is 0 Å². The van der Waals surface area contributed by atoms with Crippen molar-refractivity contribution in [1.29, 1.82) is 0 Å². The van der Waals surface area contributed by atoms with Crippen LogP contribution >= 0.6 is 0 Å². The van der Waals surface area contributed by atoms with Gasteiger partial charge < -0.3 is 24.8 Å². The zero-order valence-corrected chi connectivity index (χ0v) is 17.1. The van der Waals surface area contributed by atoms with Crippen molar-refractivity contribution < 1.29 is 28.6 Å². The first-order valence-corrected chi connectivity index (χ1v) is 9.99. The maximum absolute atomic E-state index is 12.6. The molecule has 0 saturated heterocycles. The molecular weight excluding hydrogens is 402 g/mol. The summed E-state index contributed by atoms with van der Waals surface area (Å²) in [4.78, 5) is 38.5. The van der Waals surface area contributed by atoms with Crippen molar-refractivity contribution >= 4 is 23.5 Å². The Labute approximate surface area is 179 Å². The van der Waals surface area contributed by atoms with Crippen LogP contribution in [0, 0.1) is 0 Å². The van der Waals surface area contributed by atoms with Gasteiger partial charge in [0.1, 0.15) is 6.61 Å². The largest absolute Gasteiger partial charge is 0.486 e. The third kappa shape index (κ3) is 4.46. The molecule has 0 spiro atoms. The monoisotopic (exact) mass is 425 g/mol. The van der Waals surface area contributed by atoms with Crippen LogP contribution in [0.15, 0.2) is 42.5 Å². The van der Waals surface area contributed by atoms with E-state index in [-0.39, 0.29) is 36.6 Å². The van der Waals surface area contributed by atoms with E-state index in [2.05, 4.69) is 10.6 Å². The molecule has 0 radical (unpaired) electrons. The standard InChI is InChI=1S/C22H23N3O6/c1-29-10-4-9-25-20(26)16-8-7-14(11-17(16)21(25)27)24-22(28)23-12-15-13-30-18-5-2-3-6-19(18)31-15/h2-3,5-8,11,15H,4,9-10,12-13H2,1H3,(H2,23,24,28). The van der Waals surface area contributed by atoms with E-state index in [4.69, 9.17) is 14.2 Å². The summed E-state index contributed by atoms with van der Waals surface area (Å²) in [7, 11) is 1.57. The van der Waals surface area contributed by atoms with Crippen LogP contribution in [0.3, 0.4) is 0 Å². The van der Waals surface area contributed by atoms with Gasteiger partial charge in [-0.1, -0.05) is 12.1 Å². The maximum atomic E-state index is 12.6. The van der Waals surface area contributed by atoms with E-state index < -0.39 is 6.03 Å². The van der Waals surface area contributed by atoms with Crippen molar-refractivity contribution in [3.8, 4) is 11.5 Å². The number of rotatable bonds is 7. The predicted molar refractivity (Wildman–Crippen MR) is 112 cm³/mol. The van der Waals surface area contributed by atoms with Gasteiger partial charge in [0, 0.05) is 25.9 Å². The number of fused-ring (bicyclic) bond motifs is 2. The van der Waals surface area contributed by atoms with E-state index in [1.807, 2.05) is 24.3 Å². The molecule has 31 heavy (non-hydrogen) atoms. The summed E-state index contributed by atoms with van der Waals surface area (Å²) in [5.41, 5.74) is 1.03. The molecule has 1 unspecified atom stereocenters. The second-order valence-electron chi connectivity index (χ2n) is 7.20. The zero-order chi connectivity index (χ0) is 21.8. The van der Waals surface area contributed by atoms with E-state index in [0.717, 1.165) is 0 Å². The summed E-state index contributed by atoms with van der Waals surface area (Å²) in [6.45, 7) is 1.32. The van der Waals surface area contributed by atoms with Gasteiger partial charge in [-0.2, -0.15) is 0 Å². The number of para-hydroxylation sites is 2. The lowest BCUT2D eigenvalue weighted by molar-refractivity contribution is 0.0638. The van der Waals surface area contributed by atoms with Crippen LogP contribution in [0.2, 0.25) is 0 Å². The lowest BCUT2D eigenvalue weighted by Crippen LogP contribution is -2.42. The Morgan fingerprint density at radius 3 is 2.71 bits per heavy atom. The highest BCUT2D eigenvalue weighted by Crippen LogP contribution is 2.30. The molecule has 9 nitrogen and oxygen atoms in total. The van der Waals surface area contributed by atoms with Gasteiger partial charge in [-0.3, -0.25) is 14.5 Å². The molecule has 4 amide bonds. The number of nitrogens with one attached hydrogen (secondary N) is 2. The zero-order valence-electron chi connectivity index (χ0n) is 17.1. The first kappa shape index (κ1) is 20.7. The molecule has 9 heteroatoms. The smallest absolute Gasteiger partial charge is 0.319 e. The molecule has 2 N–H and O–H groups in total. The van der Waals surface area contributed by atoms with E-state index >= 15 is 0 Å². The number of amides is 4. The van der Waals surface area contributed by atoms with Crippen LogP contribution in [0.25, 0.3) is 0 Å². The van der Waals surface area contributed by atoms with Crippen LogP contribution in [-0.4, -0.2) is 62.3 Å². The first-order valence-electron chi connectivity index (χ1n) is 9.99. The number of anilines is 1. The van der Waals surface area contributed by atoms with Gasteiger partial charge in [0.05, 0.1) is 17.7 Å². The molecule has 2 aromatic rings. The third-order valence-electron chi connectivity index (χ3n) is 5.02. The molecule has 4 rings (SSSR count). The average Bonchev–Trinajstić information content (AvgIpc) is 3.02. The molecule has 162 valence electrons. The third-order valence-corrected chi connectivity index (χ3v) is 5.02. The maximum Gasteiger partial charge on any atom is 0.319 e. The number of ether oxygens (including phenoxy) is 3. The Bertz CT molecular complexity index is 1010. The Kier molecular flexibility index (Phi) is 6.03. The minimum Gasteiger partial charge on any atom is -0.486 e. The summed E-state index contributed by atoms with van der Waals surface area (Å²) >= 11 is 0. The molecule has 1 atom stereocenters. The molecule has 0 aliphatic carbocycles. The van der Waals surface area contributed by atoms with Gasteiger partial charge in [0.25, 0.3) is 11.8 Å². The topological polar surface area (TPSA) is 106 Å². The van der Waals surface area contributed by atoms with E-state index in [0.29, 0.717) is 42.4 Å². The summed E-state index contributed by atoms with van der Waals surface area (Å²) in [6.07, 6.45) is 0.243. The molecular formula is C22H23N3O6. The first-order chi connectivity index (χ1) is 15.1. The fourth-order valence-electron chi connectivity index (χ4n) is 3.48. The predicted octanol–water partition coefficient (Wildman–Crippen LogP) is 2.28. The van der Waals surface area contributed by atoms with Crippen LogP contribution in [-0.2, 0) is 4.74 Å². The van der Waals surface area contributed by atoms with Gasteiger partial charge in [0.15, 0.2) is 17.6 Å². The highest BCUT2D eigenvalue weighted by atomic mass is 16.6. The van der Waals surface area contributed by atoms with Gasteiger partial charge in [-0.05, 0) is 36.8 Å². The summed E-state index contributed by atoms with van der Waals surface area (Å²) < 4.78 is 16.4. The number of carbonyl (C=O) groups is 3. The minimum atomic E-state index is -0.448. The lowest BCUT2D eigenvalue weighted by Gasteiger charge is -2.26. The number of hydrogen-bond acceptors (Lipinski definition) is 6. The highest BCUT2D eigenvalue weighted by molar-refractivity contribution is 6.21. The number of hydrogen-bond donors (Lipinski definition) is 2. The second kappa shape index (κ2) is 9.05. The summed E-state index contributed by atoms with van der Waals surface area (Å²) in [5, 5.41) is 5.42. The minimum absolute atomic E-state index is 0.246. The van der Waals surface area contributed by atoms with Crippen molar-refractivity contribution in [3.63, 3.8) is 0 Å². The van der Waals surface area contributed by atoms with Crippen molar-refractivity contribution in [2.75, 3.05) is 38.7 Å². The van der Waals surface area contributed by atoms with E-state index in [1.54, 1.807) is 19.2 Å². The summed E-state index contributed by atoms with van der Waals surface area (Å²) in [6, 6.07) is 11.6. The number of imide groups is 1. The SMILES string of the molecule is COCCCN1C(=O)c2ccc(NC(=O)NCC3COc4ccccc4O3)cc2C1=O. The fraction of sp³-hybridized carbons (Fsp3) is 0.318. The Hall–Kier alpha value is -3.59. The normalized spacial score (nSPS) is 16.8. The summed E-state index contributed by atoms with van der Waals surface area (Å²) in [5.74, 6) is 0.614. The van der Waals surface area contributed by atoms with E-state index in [1.165, 1.54) is 11.0 Å². The van der Waals surface area contributed by atoms with Crippen LogP contribution < -0.4 is 20.1 Å². The average molecular weight is 425 g/mol. The Morgan fingerprint density at radius 1 is 1.13 bits per heavy atom. The van der Waals surface area contributed by atoms with Crippen LogP contribution in [0.4, 0.5) is 10.5 Å². The number of nitrogens with zero attached hydrogens (tertiary/aromatic N) is 1. The van der Waals surface area contributed by atoms with E-state index in [9.17, 15) is 14.4 Å². The highest BCUT2D eigenvalue weighted by Gasteiger charge is 2.35. The molecule has 0 bridgehead atoms. The number of benzene rings is 2. The van der Waals surface area contributed by atoms with Gasteiger partial charge >= 0.3 is 6.03 Å². The molecule has 2 aliphatic rings. The second-order valence-corrected chi connectivity index (χ2v) is 7.20.